The zero-order valence-corrected chi connectivity index (χ0v) is 12.7. The fourth-order valence-electron chi connectivity index (χ4n) is 2.46. The monoisotopic (exact) mass is 315 g/mol. The minimum atomic E-state index is -0.375. The molecular weight excluding hydrogens is 302 g/mol. The van der Waals surface area contributed by atoms with Gasteiger partial charge in [0.25, 0.3) is 0 Å². The molecule has 0 saturated heterocycles. The van der Waals surface area contributed by atoms with Crippen molar-refractivity contribution < 1.29 is 4.79 Å². The first-order chi connectivity index (χ1) is 10.5. The molecule has 6 heteroatoms. The van der Waals surface area contributed by atoms with Gasteiger partial charge in [0.1, 0.15) is 0 Å². The summed E-state index contributed by atoms with van der Waals surface area (Å²) in [5.41, 5.74) is 7.88. The maximum absolute atomic E-state index is 12.5. The van der Waals surface area contributed by atoms with Crippen molar-refractivity contribution in [2.24, 2.45) is 7.05 Å². The number of halogens is 1. The average molecular weight is 316 g/mol. The van der Waals surface area contributed by atoms with E-state index in [1.54, 1.807) is 49.5 Å². The first-order valence-corrected chi connectivity index (χ1v) is 7.10. The second-order valence-electron chi connectivity index (χ2n) is 5.12. The second-order valence-corrected chi connectivity index (χ2v) is 5.56. The molecule has 3 rings (SSSR count). The molecule has 0 aliphatic carbocycles. The predicted octanol–water partition coefficient (Wildman–Crippen LogP) is 2.46. The Hall–Kier alpha value is -2.53. The maximum atomic E-state index is 12.5. The van der Waals surface area contributed by atoms with E-state index in [9.17, 15) is 9.59 Å². The molecule has 2 N–H and O–H groups in total. The summed E-state index contributed by atoms with van der Waals surface area (Å²) in [7, 11) is 1.63. The van der Waals surface area contributed by atoms with Crippen LogP contribution in [0.25, 0.3) is 11.0 Å². The number of nitrogens with zero attached hydrogens (tertiary/aromatic N) is 2. The van der Waals surface area contributed by atoms with Gasteiger partial charge in [0.05, 0.1) is 17.5 Å². The van der Waals surface area contributed by atoms with Crippen LogP contribution in [0, 0.1) is 0 Å². The highest BCUT2D eigenvalue weighted by atomic mass is 35.5. The fourth-order valence-corrected chi connectivity index (χ4v) is 2.58. The third kappa shape index (κ3) is 2.40. The standard InChI is InChI=1S/C16H14ClN3O2/c1-19-13-7-6-12(18)9-14(13)20(16(19)22)15(21)8-10-2-4-11(17)5-3-10/h2-7,9H,8,18H2,1H3. The van der Waals surface area contributed by atoms with Crippen LogP contribution in [0.2, 0.25) is 5.02 Å². The first kappa shape index (κ1) is 14.4. The third-order valence-electron chi connectivity index (χ3n) is 3.60. The smallest absolute Gasteiger partial charge is 0.335 e. The number of nitrogens with two attached hydrogens (primary N) is 1. The number of carbonyl (C=O) groups excluding carboxylic acids is 1. The van der Waals surface area contributed by atoms with Crippen LogP contribution < -0.4 is 11.4 Å². The molecule has 0 saturated carbocycles. The Bertz CT molecular complexity index is 923. The molecular formula is C16H14ClN3O2. The number of aryl methyl sites for hydroxylation is 1. The van der Waals surface area contributed by atoms with Gasteiger partial charge in [-0.15, -0.1) is 0 Å². The largest absolute Gasteiger partial charge is 0.399 e. The lowest BCUT2D eigenvalue weighted by Crippen LogP contribution is -2.28. The summed E-state index contributed by atoms with van der Waals surface area (Å²) < 4.78 is 2.61. The molecule has 3 aromatic rings. The van der Waals surface area contributed by atoms with E-state index in [-0.39, 0.29) is 18.0 Å². The number of carbonyl (C=O) groups is 1. The number of rotatable bonds is 2. The van der Waals surface area contributed by atoms with Crippen molar-refractivity contribution in [2.75, 3.05) is 5.73 Å². The number of hydrogen-bond donors (Lipinski definition) is 1. The number of fused-ring (bicyclic) bond motifs is 1. The third-order valence-corrected chi connectivity index (χ3v) is 3.85. The number of anilines is 1. The summed E-state index contributed by atoms with van der Waals surface area (Å²) in [5, 5.41) is 0.603. The molecule has 0 aliphatic heterocycles. The van der Waals surface area contributed by atoms with E-state index >= 15 is 0 Å². The first-order valence-electron chi connectivity index (χ1n) is 6.72. The van der Waals surface area contributed by atoms with E-state index in [1.807, 2.05) is 0 Å². The number of benzene rings is 2. The highest BCUT2D eigenvalue weighted by molar-refractivity contribution is 6.30. The van der Waals surface area contributed by atoms with Crippen molar-refractivity contribution >= 4 is 34.2 Å². The number of imidazole rings is 1. The van der Waals surface area contributed by atoms with E-state index < -0.39 is 0 Å². The molecule has 5 nitrogen and oxygen atoms in total. The van der Waals surface area contributed by atoms with Gasteiger partial charge in [0, 0.05) is 17.8 Å². The molecule has 0 amide bonds. The lowest BCUT2D eigenvalue weighted by Gasteiger charge is -2.03. The zero-order chi connectivity index (χ0) is 15.9. The minimum absolute atomic E-state index is 0.116. The Morgan fingerprint density at radius 2 is 1.82 bits per heavy atom. The number of hydrogen-bond acceptors (Lipinski definition) is 3. The second kappa shape index (κ2) is 5.35. The predicted molar refractivity (Wildman–Crippen MR) is 87.4 cm³/mol. The Labute approximate surface area is 131 Å². The van der Waals surface area contributed by atoms with Crippen molar-refractivity contribution in [2.45, 2.75) is 6.42 Å². The van der Waals surface area contributed by atoms with Crippen molar-refractivity contribution in [3.05, 3.63) is 63.5 Å². The van der Waals surface area contributed by atoms with Gasteiger partial charge in [0.15, 0.2) is 0 Å². The topological polar surface area (TPSA) is 70.0 Å². The molecule has 0 bridgehead atoms. The summed E-state index contributed by atoms with van der Waals surface area (Å²) in [6.07, 6.45) is 0.116. The molecule has 0 atom stereocenters. The SMILES string of the molecule is Cn1c(=O)n(C(=O)Cc2ccc(Cl)cc2)c2cc(N)ccc21. The molecule has 0 unspecified atom stereocenters. The van der Waals surface area contributed by atoms with Gasteiger partial charge in [-0.05, 0) is 35.9 Å². The summed E-state index contributed by atoms with van der Waals surface area (Å²) in [4.78, 5) is 24.9. The number of aromatic nitrogens is 2. The normalized spacial score (nSPS) is 11.0. The van der Waals surface area contributed by atoms with Crippen molar-refractivity contribution in [3.8, 4) is 0 Å². The van der Waals surface area contributed by atoms with Gasteiger partial charge in [-0.25, -0.2) is 9.36 Å². The van der Waals surface area contributed by atoms with Gasteiger partial charge in [0.2, 0.25) is 5.91 Å². The van der Waals surface area contributed by atoms with Gasteiger partial charge in [-0.3, -0.25) is 9.36 Å². The van der Waals surface area contributed by atoms with Crippen LogP contribution in [-0.2, 0) is 13.5 Å². The molecule has 1 aromatic heterocycles. The van der Waals surface area contributed by atoms with Crippen molar-refractivity contribution in [3.63, 3.8) is 0 Å². The van der Waals surface area contributed by atoms with Gasteiger partial charge < -0.3 is 5.73 Å². The highest BCUT2D eigenvalue weighted by Crippen LogP contribution is 2.17. The highest BCUT2D eigenvalue weighted by Gasteiger charge is 2.17. The molecule has 0 fully saturated rings. The van der Waals surface area contributed by atoms with Gasteiger partial charge in [-0.2, -0.15) is 0 Å². The van der Waals surface area contributed by atoms with E-state index in [0.29, 0.717) is 21.7 Å². The summed E-state index contributed by atoms with van der Waals surface area (Å²) in [5.74, 6) is -0.302. The minimum Gasteiger partial charge on any atom is -0.399 e. The van der Waals surface area contributed by atoms with Crippen LogP contribution >= 0.6 is 11.6 Å². The van der Waals surface area contributed by atoms with E-state index in [0.717, 1.165) is 5.56 Å². The zero-order valence-electron chi connectivity index (χ0n) is 11.9. The molecule has 0 aliphatic rings. The van der Waals surface area contributed by atoms with Crippen LogP contribution in [-0.4, -0.2) is 15.0 Å². The quantitative estimate of drug-likeness (QED) is 0.738. The van der Waals surface area contributed by atoms with Crippen LogP contribution in [0.5, 0.6) is 0 Å². The Kier molecular flexibility index (Phi) is 3.50. The molecule has 2 aromatic carbocycles. The van der Waals surface area contributed by atoms with Crippen molar-refractivity contribution in [1.82, 2.24) is 9.13 Å². The van der Waals surface area contributed by atoms with Crippen LogP contribution in [0.15, 0.2) is 47.3 Å². The van der Waals surface area contributed by atoms with Crippen LogP contribution in [0.4, 0.5) is 5.69 Å². The van der Waals surface area contributed by atoms with E-state index in [4.69, 9.17) is 17.3 Å². The fraction of sp³-hybridized carbons (Fsp3) is 0.125. The van der Waals surface area contributed by atoms with Crippen LogP contribution in [0.1, 0.15) is 10.4 Å². The van der Waals surface area contributed by atoms with Crippen molar-refractivity contribution in [1.29, 1.82) is 0 Å². The Balaban J connectivity index is 2.07. The molecule has 22 heavy (non-hydrogen) atoms. The average Bonchev–Trinajstić information content (AvgIpc) is 2.73. The number of nitrogen functional groups attached to an aromatic ring is 1. The summed E-state index contributed by atoms with van der Waals surface area (Å²) in [6.45, 7) is 0. The van der Waals surface area contributed by atoms with E-state index in [2.05, 4.69) is 0 Å². The van der Waals surface area contributed by atoms with E-state index in [1.165, 1.54) is 9.13 Å². The van der Waals surface area contributed by atoms with Gasteiger partial charge >= 0.3 is 5.69 Å². The van der Waals surface area contributed by atoms with Gasteiger partial charge in [-0.1, -0.05) is 23.7 Å². The molecule has 0 radical (unpaired) electrons. The molecule has 0 spiro atoms. The Morgan fingerprint density at radius 1 is 1.14 bits per heavy atom. The molecule has 1 heterocycles. The Morgan fingerprint density at radius 3 is 2.50 bits per heavy atom. The lowest BCUT2D eigenvalue weighted by molar-refractivity contribution is 0.0914. The van der Waals surface area contributed by atoms with Crippen LogP contribution in [0.3, 0.4) is 0 Å². The summed E-state index contributed by atoms with van der Waals surface area (Å²) in [6, 6.07) is 12.0. The lowest BCUT2D eigenvalue weighted by atomic mass is 10.1. The maximum Gasteiger partial charge on any atom is 0.335 e. The summed E-state index contributed by atoms with van der Waals surface area (Å²) >= 11 is 5.83. The molecule has 112 valence electrons.